The lowest BCUT2D eigenvalue weighted by molar-refractivity contribution is 0.0663. The van der Waals surface area contributed by atoms with Crippen LogP contribution in [-0.2, 0) is 4.74 Å². The van der Waals surface area contributed by atoms with Crippen LogP contribution in [0.4, 0.5) is 0 Å². The topological polar surface area (TPSA) is 9.23 Å². The van der Waals surface area contributed by atoms with Gasteiger partial charge < -0.3 is 4.74 Å². The standard InChI is InChI=1S/C8H14O/c1-2-4-8-7(3-1)5-6-9-8/h7-8H,1-6H2/t7-,8+/m0/s1. The van der Waals surface area contributed by atoms with Crippen LogP contribution in [0.25, 0.3) is 0 Å². The van der Waals surface area contributed by atoms with Crippen LogP contribution in [0.1, 0.15) is 32.1 Å². The molecule has 2 rings (SSSR count). The first-order valence-corrected chi connectivity index (χ1v) is 4.08. The van der Waals surface area contributed by atoms with Crippen LogP contribution in [0.2, 0.25) is 0 Å². The fourth-order valence-electron chi connectivity index (χ4n) is 2.09. The molecule has 0 radical (unpaired) electrons. The summed E-state index contributed by atoms with van der Waals surface area (Å²) in [7, 11) is 0. The van der Waals surface area contributed by atoms with Gasteiger partial charge >= 0.3 is 0 Å². The number of rotatable bonds is 0. The summed E-state index contributed by atoms with van der Waals surface area (Å²) in [6.45, 7) is 1.04. The van der Waals surface area contributed by atoms with E-state index in [2.05, 4.69) is 0 Å². The van der Waals surface area contributed by atoms with Crippen molar-refractivity contribution in [3.05, 3.63) is 0 Å². The van der Waals surface area contributed by atoms with Crippen molar-refractivity contribution < 1.29 is 4.74 Å². The van der Waals surface area contributed by atoms with Gasteiger partial charge in [-0.2, -0.15) is 0 Å². The highest BCUT2D eigenvalue weighted by atomic mass is 16.5. The molecule has 0 aromatic rings. The molecule has 0 N–H and O–H groups in total. The molecule has 2 aliphatic rings. The van der Waals surface area contributed by atoms with Crippen LogP contribution in [-0.4, -0.2) is 12.7 Å². The molecule has 0 spiro atoms. The van der Waals surface area contributed by atoms with Crippen molar-refractivity contribution in [2.75, 3.05) is 6.61 Å². The third-order valence-electron chi connectivity index (χ3n) is 2.66. The minimum atomic E-state index is 0.666. The SMILES string of the molecule is C1CC[C@H]2OCC[C@@H]2C1. The number of hydrogen-bond donors (Lipinski definition) is 0. The molecular formula is C8H14O. The monoisotopic (exact) mass is 126 g/mol. The molecule has 1 aliphatic carbocycles. The first-order valence-electron chi connectivity index (χ1n) is 4.08. The maximum Gasteiger partial charge on any atom is 0.0604 e. The summed E-state index contributed by atoms with van der Waals surface area (Å²) in [5.74, 6) is 0.943. The van der Waals surface area contributed by atoms with Crippen molar-refractivity contribution in [2.45, 2.75) is 38.2 Å². The highest BCUT2D eigenvalue weighted by molar-refractivity contribution is 4.79. The second-order valence-electron chi connectivity index (χ2n) is 3.24. The minimum absolute atomic E-state index is 0.666. The predicted molar refractivity (Wildman–Crippen MR) is 36.3 cm³/mol. The van der Waals surface area contributed by atoms with Gasteiger partial charge in [0.05, 0.1) is 6.10 Å². The van der Waals surface area contributed by atoms with Crippen molar-refractivity contribution in [2.24, 2.45) is 5.92 Å². The zero-order chi connectivity index (χ0) is 6.10. The van der Waals surface area contributed by atoms with Gasteiger partial charge in [0.2, 0.25) is 0 Å². The highest BCUT2D eigenvalue weighted by Crippen LogP contribution is 2.33. The Morgan fingerprint density at radius 3 is 2.78 bits per heavy atom. The van der Waals surface area contributed by atoms with Crippen LogP contribution in [0.15, 0.2) is 0 Å². The molecule has 0 aromatic carbocycles. The fourth-order valence-corrected chi connectivity index (χ4v) is 2.09. The molecule has 0 bridgehead atoms. The second kappa shape index (κ2) is 2.30. The second-order valence-corrected chi connectivity index (χ2v) is 3.24. The Balaban J connectivity index is 1.97. The van der Waals surface area contributed by atoms with E-state index in [4.69, 9.17) is 4.74 Å². The van der Waals surface area contributed by atoms with E-state index < -0.39 is 0 Å². The molecule has 9 heavy (non-hydrogen) atoms. The van der Waals surface area contributed by atoms with Crippen molar-refractivity contribution in [3.63, 3.8) is 0 Å². The van der Waals surface area contributed by atoms with Crippen LogP contribution >= 0.6 is 0 Å². The van der Waals surface area contributed by atoms with Crippen LogP contribution in [0.3, 0.4) is 0 Å². The smallest absolute Gasteiger partial charge is 0.0604 e. The van der Waals surface area contributed by atoms with Gasteiger partial charge in [-0.1, -0.05) is 12.8 Å². The Morgan fingerprint density at radius 2 is 1.89 bits per heavy atom. The van der Waals surface area contributed by atoms with E-state index in [1.54, 1.807) is 0 Å². The van der Waals surface area contributed by atoms with Gasteiger partial charge in [-0.3, -0.25) is 0 Å². The molecule has 1 saturated carbocycles. The largest absolute Gasteiger partial charge is 0.378 e. The number of ether oxygens (including phenoxy) is 1. The van der Waals surface area contributed by atoms with Gasteiger partial charge in [0.1, 0.15) is 0 Å². The van der Waals surface area contributed by atoms with E-state index in [9.17, 15) is 0 Å². The number of fused-ring (bicyclic) bond motifs is 1. The lowest BCUT2D eigenvalue weighted by Crippen LogP contribution is -2.19. The lowest BCUT2D eigenvalue weighted by Gasteiger charge is -2.22. The van der Waals surface area contributed by atoms with E-state index in [0.29, 0.717) is 6.10 Å². The van der Waals surface area contributed by atoms with Crippen molar-refractivity contribution in [3.8, 4) is 0 Å². The summed E-state index contributed by atoms with van der Waals surface area (Å²) in [6, 6.07) is 0. The van der Waals surface area contributed by atoms with E-state index in [0.717, 1.165) is 12.5 Å². The normalized spacial score (nSPS) is 42.7. The number of hydrogen-bond acceptors (Lipinski definition) is 1. The van der Waals surface area contributed by atoms with Gasteiger partial charge in [-0.05, 0) is 25.2 Å². The van der Waals surface area contributed by atoms with E-state index >= 15 is 0 Å². The summed E-state index contributed by atoms with van der Waals surface area (Å²) in [5, 5.41) is 0. The fraction of sp³-hybridized carbons (Fsp3) is 1.00. The Hall–Kier alpha value is -0.0400. The van der Waals surface area contributed by atoms with Gasteiger partial charge in [0.15, 0.2) is 0 Å². The van der Waals surface area contributed by atoms with Gasteiger partial charge in [-0.15, -0.1) is 0 Å². The van der Waals surface area contributed by atoms with Gasteiger partial charge in [-0.25, -0.2) is 0 Å². The summed E-state index contributed by atoms with van der Waals surface area (Å²) < 4.78 is 5.56. The minimum Gasteiger partial charge on any atom is -0.378 e. The first-order chi connectivity index (χ1) is 4.47. The Morgan fingerprint density at radius 1 is 1.00 bits per heavy atom. The summed E-state index contributed by atoms with van der Waals surface area (Å²) >= 11 is 0. The summed E-state index contributed by atoms with van der Waals surface area (Å²) in [4.78, 5) is 0. The average Bonchev–Trinajstić information content (AvgIpc) is 2.33. The molecule has 52 valence electrons. The van der Waals surface area contributed by atoms with E-state index in [1.165, 1.54) is 32.1 Å². The van der Waals surface area contributed by atoms with Crippen molar-refractivity contribution >= 4 is 0 Å². The molecule has 1 heteroatoms. The molecule has 1 nitrogen and oxygen atoms in total. The first kappa shape index (κ1) is 5.72. The van der Waals surface area contributed by atoms with Gasteiger partial charge in [0, 0.05) is 6.61 Å². The highest BCUT2D eigenvalue weighted by Gasteiger charge is 2.29. The third-order valence-corrected chi connectivity index (χ3v) is 2.66. The zero-order valence-corrected chi connectivity index (χ0v) is 5.81. The van der Waals surface area contributed by atoms with Gasteiger partial charge in [0.25, 0.3) is 0 Å². The average molecular weight is 126 g/mol. The molecule has 0 aromatic heterocycles. The van der Waals surface area contributed by atoms with Crippen LogP contribution in [0.5, 0.6) is 0 Å². The molecule has 0 amide bonds. The Kier molecular flexibility index (Phi) is 1.46. The summed E-state index contributed by atoms with van der Waals surface area (Å²) in [6.07, 6.45) is 7.63. The maximum absolute atomic E-state index is 5.56. The molecule has 1 aliphatic heterocycles. The molecule has 2 fully saturated rings. The lowest BCUT2D eigenvalue weighted by atomic mass is 9.86. The van der Waals surface area contributed by atoms with Crippen molar-refractivity contribution in [1.29, 1.82) is 0 Å². The Labute approximate surface area is 56.4 Å². The van der Waals surface area contributed by atoms with Crippen LogP contribution < -0.4 is 0 Å². The molecular weight excluding hydrogens is 112 g/mol. The molecule has 0 unspecified atom stereocenters. The predicted octanol–water partition coefficient (Wildman–Crippen LogP) is 1.97. The Bertz CT molecular complexity index is 88.7. The van der Waals surface area contributed by atoms with E-state index in [1.807, 2.05) is 0 Å². The van der Waals surface area contributed by atoms with E-state index in [-0.39, 0.29) is 0 Å². The molecule has 1 heterocycles. The third kappa shape index (κ3) is 0.983. The van der Waals surface area contributed by atoms with Crippen LogP contribution in [0, 0.1) is 5.92 Å². The zero-order valence-electron chi connectivity index (χ0n) is 5.81. The molecule has 2 atom stereocenters. The van der Waals surface area contributed by atoms with Crippen molar-refractivity contribution in [1.82, 2.24) is 0 Å². The molecule has 1 saturated heterocycles. The quantitative estimate of drug-likeness (QED) is 0.482. The summed E-state index contributed by atoms with van der Waals surface area (Å²) in [5.41, 5.74) is 0. The maximum atomic E-state index is 5.56.